The number of aliphatic hydroxyl groups is 1. The van der Waals surface area contributed by atoms with Crippen molar-refractivity contribution in [1.82, 2.24) is 4.90 Å². The zero-order valence-corrected chi connectivity index (χ0v) is 16.8. The van der Waals surface area contributed by atoms with Crippen molar-refractivity contribution >= 4 is 0 Å². The highest BCUT2D eigenvalue weighted by atomic mass is 19.4. The Labute approximate surface area is 174 Å². The second-order valence-electron chi connectivity index (χ2n) is 8.25. The summed E-state index contributed by atoms with van der Waals surface area (Å²) in [6.07, 6.45) is -3.76. The lowest BCUT2D eigenvalue weighted by atomic mass is 9.78. The predicted octanol–water partition coefficient (Wildman–Crippen LogP) is 4.36. The van der Waals surface area contributed by atoms with Crippen LogP contribution in [0.1, 0.15) is 24.0 Å². The lowest BCUT2D eigenvalue weighted by molar-refractivity contribution is -0.137. The molecule has 0 amide bonds. The number of alkyl halides is 3. The van der Waals surface area contributed by atoms with Gasteiger partial charge in [-0.05, 0) is 54.5 Å². The highest BCUT2D eigenvalue weighted by molar-refractivity contribution is 5.39. The monoisotopic (exact) mass is 421 g/mol. The average Bonchev–Trinajstić information content (AvgIpc) is 3.09. The van der Waals surface area contributed by atoms with Crippen molar-refractivity contribution in [3.63, 3.8) is 0 Å². The molecule has 0 spiro atoms. The van der Waals surface area contributed by atoms with Crippen LogP contribution in [0.15, 0.2) is 48.5 Å². The number of nitrogens with zero attached hydrogens (tertiary/aromatic N) is 1. The first kappa shape index (κ1) is 21.0. The van der Waals surface area contributed by atoms with Crippen molar-refractivity contribution in [2.75, 3.05) is 20.2 Å². The molecule has 1 N–H and O–H groups in total. The Morgan fingerprint density at radius 3 is 2.23 bits per heavy atom. The van der Waals surface area contributed by atoms with Gasteiger partial charge in [0.15, 0.2) is 11.5 Å². The third kappa shape index (κ3) is 4.57. The molecule has 2 aliphatic rings. The Morgan fingerprint density at radius 2 is 1.60 bits per heavy atom. The summed E-state index contributed by atoms with van der Waals surface area (Å²) in [5.74, 6) is 2.03. The summed E-state index contributed by atoms with van der Waals surface area (Å²) in [6.45, 7) is 2.30. The number of fused-ring (bicyclic) bond motifs is 1. The summed E-state index contributed by atoms with van der Waals surface area (Å²) in [5.41, 5.74) is 0.241. The van der Waals surface area contributed by atoms with E-state index >= 15 is 0 Å². The summed E-state index contributed by atoms with van der Waals surface area (Å²) < 4.78 is 49.7. The Balaban J connectivity index is 1.37. The van der Waals surface area contributed by atoms with E-state index in [4.69, 9.17) is 9.47 Å². The molecule has 1 aliphatic heterocycles. The van der Waals surface area contributed by atoms with Crippen molar-refractivity contribution in [3.8, 4) is 11.5 Å². The standard InChI is InChI=1S/C23H26F3NO3/c1-29-20-4-2-3-5-21(20)30-22-11-17-14-27(13-16(17)10-19(22)28)12-15-6-8-18(9-7-15)23(24,25)26/h2-9,16-17,19,22,28H,10-14H2,1H3/t16-,17+,19+,22+/m0/s1. The smallest absolute Gasteiger partial charge is 0.416 e. The maximum atomic E-state index is 12.7. The molecule has 2 fully saturated rings. The van der Waals surface area contributed by atoms with Gasteiger partial charge in [0.05, 0.1) is 18.8 Å². The molecule has 162 valence electrons. The number of ether oxygens (including phenoxy) is 2. The second kappa shape index (κ2) is 8.47. The van der Waals surface area contributed by atoms with Crippen LogP contribution in [-0.2, 0) is 12.7 Å². The van der Waals surface area contributed by atoms with Gasteiger partial charge in [-0.3, -0.25) is 4.90 Å². The molecule has 0 radical (unpaired) electrons. The summed E-state index contributed by atoms with van der Waals surface area (Å²) in [6, 6.07) is 12.8. The average molecular weight is 421 g/mol. The molecular formula is C23H26F3NO3. The van der Waals surface area contributed by atoms with Gasteiger partial charge >= 0.3 is 6.18 Å². The second-order valence-corrected chi connectivity index (χ2v) is 8.25. The first-order chi connectivity index (χ1) is 14.3. The summed E-state index contributed by atoms with van der Waals surface area (Å²) >= 11 is 0. The van der Waals surface area contributed by atoms with Gasteiger partial charge in [-0.15, -0.1) is 0 Å². The Hall–Kier alpha value is -2.25. The first-order valence-corrected chi connectivity index (χ1v) is 10.2. The van der Waals surface area contributed by atoms with Crippen LogP contribution in [0.25, 0.3) is 0 Å². The minimum atomic E-state index is -4.31. The number of benzene rings is 2. The van der Waals surface area contributed by atoms with Crippen LogP contribution >= 0.6 is 0 Å². The van der Waals surface area contributed by atoms with E-state index in [1.807, 2.05) is 24.3 Å². The molecule has 30 heavy (non-hydrogen) atoms. The van der Waals surface area contributed by atoms with Crippen LogP contribution in [0, 0.1) is 11.8 Å². The molecule has 0 unspecified atom stereocenters. The molecular weight excluding hydrogens is 395 g/mol. The number of para-hydroxylation sites is 2. The Morgan fingerprint density at radius 1 is 0.967 bits per heavy atom. The van der Waals surface area contributed by atoms with E-state index in [0.29, 0.717) is 36.3 Å². The van der Waals surface area contributed by atoms with E-state index in [1.54, 1.807) is 19.2 Å². The molecule has 1 saturated carbocycles. The number of halogens is 3. The van der Waals surface area contributed by atoms with Gasteiger partial charge < -0.3 is 14.6 Å². The molecule has 0 bridgehead atoms. The van der Waals surface area contributed by atoms with Crippen molar-refractivity contribution in [2.24, 2.45) is 11.8 Å². The lowest BCUT2D eigenvalue weighted by Gasteiger charge is -2.35. The fourth-order valence-corrected chi connectivity index (χ4v) is 4.68. The molecule has 1 saturated heterocycles. The zero-order valence-electron chi connectivity index (χ0n) is 16.8. The van der Waals surface area contributed by atoms with E-state index in [9.17, 15) is 18.3 Å². The normalized spacial score (nSPS) is 27.0. The van der Waals surface area contributed by atoms with Crippen LogP contribution in [-0.4, -0.2) is 42.4 Å². The highest BCUT2D eigenvalue weighted by Gasteiger charge is 2.42. The van der Waals surface area contributed by atoms with Crippen LogP contribution in [0.4, 0.5) is 13.2 Å². The topological polar surface area (TPSA) is 41.9 Å². The van der Waals surface area contributed by atoms with Gasteiger partial charge in [0.25, 0.3) is 0 Å². The molecule has 2 aromatic rings. The van der Waals surface area contributed by atoms with Crippen molar-refractivity contribution in [1.29, 1.82) is 0 Å². The van der Waals surface area contributed by atoms with Gasteiger partial charge in [-0.1, -0.05) is 24.3 Å². The van der Waals surface area contributed by atoms with Crippen molar-refractivity contribution in [3.05, 3.63) is 59.7 Å². The summed E-state index contributed by atoms with van der Waals surface area (Å²) in [7, 11) is 1.59. The predicted molar refractivity (Wildman–Crippen MR) is 106 cm³/mol. The number of hydrogen-bond donors (Lipinski definition) is 1. The molecule has 4 rings (SSSR count). The number of rotatable bonds is 5. The van der Waals surface area contributed by atoms with E-state index in [2.05, 4.69) is 4.90 Å². The molecule has 4 atom stereocenters. The SMILES string of the molecule is COc1ccccc1O[C@@H]1C[C@@H]2CN(Cc3ccc(C(F)(F)F)cc3)C[C@@H]2C[C@H]1O. The minimum Gasteiger partial charge on any atom is -0.493 e. The van der Waals surface area contributed by atoms with E-state index in [0.717, 1.165) is 37.2 Å². The lowest BCUT2D eigenvalue weighted by Crippen LogP contribution is -2.42. The van der Waals surface area contributed by atoms with Crippen molar-refractivity contribution < 1.29 is 27.8 Å². The minimum absolute atomic E-state index is 0.298. The highest BCUT2D eigenvalue weighted by Crippen LogP contribution is 2.40. The van der Waals surface area contributed by atoms with Gasteiger partial charge in [-0.25, -0.2) is 0 Å². The maximum Gasteiger partial charge on any atom is 0.416 e. The quantitative estimate of drug-likeness (QED) is 0.779. The van der Waals surface area contributed by atoms with Gasteiger partial charge in [0.1, 0.15) is 6.10 Å². The van der Waals surface area contributed by atoms with Crippen LogP contribution < -0.4 is 9.47 Å². The largest absolute Gasteiger partial charge is 0.493 e. The third-order valence-electron chi connectivity index (χ3n) is 6.20. The third-order valence-corrected chi connectivity index (χ3v) is 6.20. The zero-order chi connectivity index (χ0) is 21.3. The number of likely N-dealkylation sites (tertiary alicyclic amines) is 1. The molecule has 2 aromatic carbocycles. The molecule has 1 heterocycles. The van der Waals surface area contributed by atoms with Crippen molar-refractivity contribution in [2.45, 2.75) is 37.8 Å². The van der Waals surface area contributed by atoms with Gasteiger partial charge in [-0.2, -0.15) is 13.2 Å². The Bertz CT molecular complexity index is 856. The summed E-state index contributed by atoms with van der Waals surface area (Å²) in [4.78, 5) is 2.26. The maximum absolute atomic E-state index is 12.7. The van der Waals surface area contributed by atoms with E-state index in [1.165, 1.54) is 0 Å². The summed E-state index contributed by atoms with van der Waals surface area (Å²) in [5, 5.41) is 10.6. The molecule has 1 aliphatic carbocycles. The van der Waals surface area contributed by atoms with E-state index in [-0.39, 0.29) is 6.10 Å². The molecule has 4 nitrogen and oxygen atoms in total. The van der Waals surface area contributed by atoms with Crippen LogP contribution in [0.2, 0.25) is 0 Å². The van der Waals surface area contributed by atoms with Crippen LogP contribution in [0.5, 0.6) is 11.5 Å². The van der Waals surface area contributed by atoms with Crippen LogP contribution in [0.3, 0.4) is 0 Å². The molecule has 7 heteroatoms. The van der Waals surface area contributed by atoms with Gasteiger partial charge in [0.2, 0.25) is 0 Å². The number of aliphatic hydroxyl groups excluding tert-OH is 1. The fourth-order valence-electron chi connectivity index (χ4n) is 4.68. The number of hydrogen-bond acceptors (Lipinski definition) is 4. The van der Waals surface area contributed by atoms with Gasteiger partial charge in [0, 0.05) is 19.6 Å². The first-order valence-electron chi connectivity index (χ1n) is 10.2. The number of methoxy groups -OCH3 is 1. The molecule has 0 aromatic heterocycles. The fraction of sp³-hybridized carbons (Fsp3) is 0.478. The van der Waals surface area contributed by atoms with E-state index < -0.39 is 17.8 Å². The Kier molecular flexibility index (Phi) is 5.93.